The van der Waals surface area contributed by atoms with Crippen LogP contribution < -0.4 is 4.74 Å². The van der Waals surface area contributed by atoms with E-state index in [1.54, 1.807) is 25.5 Å². The topological polar surface area (TPSA) is 44.5 Å². The molecule has 0 spiro atoms. The minimum atomic E-state index is 0.387. The van der Waals surface area contributed by atoms with Gasteiger partial charge in [-0.1, -0.05) is 5.16 Å². The van der Waals surface area contributed by atoms with E-state index in [1.807, 2.05) is 0 Å². The van der Waals surface area contributed by atoms with Gasteiger partial charge >= 0.3 is 5.95 Å². The maximum absolute atomic E-state index is 5.08. The van der Waals surface area contributed by atoms with Crippen LogP contribution in [0.2, 0.25) is 0 Å². The van der Waals surface area contributed by atoms with E-state index in [4.69, 9.17) is 14.0 Å². The predicted octanol–water partition coefficient (Wildman–Crippen LogP) is 1.57. The predicted molar refractivity (Wildman–Crippen MR) is 41.3 cm³/mol. The van der Waals surface area contributed by atoms with Crippen LogP contribution in [0.3, 0.4) is 0 Å². The third-order valence-corrected chi connectivity index (χ3v) is 1.50. The van der Waals surface area contributed by atoms with Gasteiger partial charge in [-0.15, -0.1) is 0 Å². The SMILES string of the molecule is COC1=Cc2cnoc2OC=C1. The molecule has 1 aromatic rings. The Morgan fingerprint density at radius 2 is 2.42 bits per heavy atom. The number of allylic oxidation sites excluding steroid dienone is 1. The van der Waals surface area contributed by atoms with Crippen molar-refractivity contribution in [2.45, 2.75) is 0 Å². The van der Waals surface area contributed by atoms with Crippen molar-refractivity contribution in [3.05, 3.63) is 29.9 Å². The molecule has 1 aromatic heterocycles. The monoisotopic (exact) mass is 165 g/mol. The summed E-state index contributed by atoms with van der Waals surface area (Å²) < 4.78 is 14.9. The van der Waals surface area contributed by atoms with Crippen LogP contribution in [-0.4, -0.2) is 12.3 Å². The van der Waals surface area contributed by atoms with Crippen molar-refractivity contribution < 1.29 is 14.0 Å². The smallest absolute Gasteiger partial charge is 0.323 e. The summed E-state index contributed by atoms with van der Waals surface area (Å²) in [6, 6.07) is 0. The molecule has 0 radical (unpaired) electrons. The average Bonchev–Trinajstić information content (AvgIpc) is 2.43. The van der Waals surface area contributed by atoms with E-state index in [0.29, 0.717) is 11.7 Å². The van der Waals surface area contributed by atoms with E-state index in [0.717, 1.165) is 5.56 Å². The van der Waals surface area contributed by atoms with Crippen molar-refractivity contribution in [3.63, 3.8) is 0 Å². The zero-order chi connectivity index (χ0) is 8.39. The first kappa shape index (κ1) is 6.97. The fourth-order valence-corrected chi connectivity index (χ4v) is 0.913. The summed E-state index contributed by atoms with van der Waals surface area (Å²) in [4.78, 5) is 0. The standard InChI is InChI=1S/C8H7NO3/c1-10-7-2-3-11-8-6(4-7)5-9-12-8/h2-5H,1H3. The molecule has 0 saturated carbocycles. The van der Waals surface area contributed by atoms with Crippen LogP contribution in [0.5, 0.6) is 5.95 Å². The summed E-state index contributed by atoms with van der Waals surface area (Å²) in [5, 5.41) is 3.58. The number of aromatic nitrogens is 1. The molecule has 0 amide bonds. The minimum Gasteiger partial charge on any atom is -0.497 e. The number of nitrogens with zero attached hydrogens (tertiary/aromatic N) is 1. The molecule has 2 heterocycles. The molecule has 0 N–H and O–H groups in total. The number of fused-ring (bicyclic) bond motifs is 1. The quantitative estimate of drug-likeness (QED) is 0.633. The molecule has 1 aliphatic heterocycles. The zero-order valence-corrected chi connectivity index (χ0v) is 6.48. The lowest BCUT2D eigenvalue weighted by Gasteiger charge is -1.94. The first-order valence-electron chi connectivity index (χ1n) is 3.44. The molecule has 0 bridgehead atoms. The molecular formula is C8H7NO3. The van der Waals surface area contributed by atoms with Crippen LogP contribution in [-0.2, 0) is 4.74 Å². The number of hydrogen-bond acceptors (Lipinski definition) is 4. The van der Waals surface area contributed by atoms with Crippen LogP contribution >= 0.6 is 0 Å². The Balaban J connectivity index is 2.43. The van der Waals surface area contributed by atoms with Gasteiger partial charge in [0.25, 0.3) is 0 Å². The maximum atomic E-state index is 5.08. The van der Waals surface area contributed by atoms with Crippen molar-refractivity contribution in [3.8, 4) is 5.95 Å². The van der Waals surface area contributed by atoms with Crippen molar-refractivity contribution in [1.82, 2.24) is 5.16 Å². The number of rotatable bonds is 1. The summed E-state index contributed by atoms with van der Waals surface area (Å²) in [7, 11) is 1.59. The van der Waals surface area contributed by atoms with Gasteiger partial charge < -0.3 is 14.0 Å². The van der Waals surface area contributed by atoms with Crippen molar-refractivity contribution in [2.24, 2.45) is 0 Å². The molecule has 62 valence electrons. The van der Waals surface area contributed by atoms with E-state index >= 15 is 0 Å². The van der Waals surface area contributed by atoms with Gasteiger partial charge in [0.05, 0.1) is 25.1 Å². The Bertz CT molecular complexity index is 338. The van der Waals surface area contributed by atoms with Gasteiger partial charge in [-0.25, -0.2) is 0 Å². The molecule has 0 saturated heterocycles. The minimum absolute atomic E-state index is 0.387. The third-order valence-electron chi connectivity index (χ3n) is 1.50. The summed E-state index contributed by atoms with van der Waals surface area (Å²) in [5.41, 5.74) is 0.775. The first-order chi connectivity index (χ1) is 5.90. The van der Waals surface area contributed by atoms with E-state index in [1.165, 1.54) is 6.26 Å². The Morgan fingerprint density at radius 3 is 3.25 bits per heavy atom. The van der Waals surface area contributed by atoms with Crippen LogP contribution in [0.25, 0.3) is 6.08 Å². The van der Waals surface area contributed by atoms with Crippen molar-refractivity contribution >= 4 is 6.08 Å². The lowest BCUT2D eigenvalue weighted by atomic mass is 10.3. The Morgan fingerprint density at radius 1 is 1.50 bits per heavy atom. The van der Waals surface area contributed by atoms with Gasteiger partial charge in [-0.05, 0) is 6.08 Å². The molecule has 4 nitrogen and oxygen atoms in total. The van der Waals surface area contributed by atoms with E-state index in [9.17, 15) is 0 Å². The molecule has 0 aromatic carbocycles. The third kappa shape index (κ3) is 1.07. The Kier molecular flexibility index (Phi) is 1.59. The molecule has 0 atom stereocenters. The normalized spacial score (nSPS) is 14.2. The van der Waals surface area contributed by atoms with Crippen LogP contribution in [0.1, 0.15) is 5.56 Å². The maximum Gasteiger partial charge on any atom is 0.323 e. The molecule has 12 heavy (non-hydrogen) atoms. The van der Waals surface area contributed by atoms with Gasteiger partial charge in [0.1, 0.15) is 5.76 Å². The second-order valence-corrected chi connectivity index (χ2v) is 2.24. The van der Waals surface area contributed by atoms with Gasteiger partial charge in [0, 0.05) is 6.08 Å². The Labute approximate surface area is 69.1 Å². The Hall–Kier alpha value is -1.71. The highest BCUT2D eigenvalue weighted by molar-refractivity contribution is 5.57. The fourth-order valence-electron chi connectivity index (χ4n) is 0.913. The van der Waals surface area contributed by atoms with Crippen LogP contribution in [0, 0.1) is 0 Å². The van der Waals surface area contributed by atoms with Gasteiger partial charge in [0.2, 0.25) is 0 Å². The highest BCUT2D eigenvalue weighted by Crippen LogP contribution is 2.23. The zero-order valence-electron chi connectivity index (χ0n) is 6.48. The summed E-state index contributed by atoms with van der Waals surface area (Å²) in [5.74, 6) is 1.09. The highest BCUT2D eigenvalue weighted by atomic mass is 16.6. The first-order valence-corrected chi connectivity index (χ1v) is 3.44. The molecule has 0 unspecified atom stereocenters. The molecule has 2 rings (SSSR count). The second-order valence-electron chi connectivity index (χ2n) is 2.24. The van der Waals surface area contributed by atoms with Gasteiger partial charge in [-0.3, -0.25) is 0 Å². The van der Waals surface area contributed by atoms with E-state index < -0.39 is 0 Å². The van der Waals surface area contributed by atoms with Crippen LogP contribution in [0.15, 0.2) is 28.8 Å². The summed E-state index contributed by atoms with van der Waals surface area (Å²) in [6.07, 6.45) is 6.55. The summed E-state index contributed by atoms with van der Waals surface area (Å²) >= 11 is 0. The summed E-state index contributed by atoms with van der Waals surface area (Å²) in [6.45, 7) is 0. The number of ether oxygens (including phenoxy) is 2. The largest absolute Gasteiger partial charge is 0.497 e. The second kappa shape index (κ2) is 2.73. The molecule has 1 aliphatic rings. The highest BCUT2D eigenvalue weighted by Gasteiger charge is 2.09. The van der Waals surface area contributed by atoms with Gasteiger partial charge in [0.15, 0.2) is 0 Å². The molecule has 0 aliphatic carbocycles. The van der Waals surface area contributed by atoms with Gasteiger partial charge in [-0.2, -0.15) is 0 Å². The number of methoxy groups -OCH3 is 1. The van der Waals surface area contributed by atoms with Crippen LogP contribution in [0.4, 0.5) is 0 Å². The van der Waals surface area contributed by atoms with E-state index in [2.05, 4.69) is 5.16 Å². The van der Waals surface area contributed by atoms with Crippen molar-refractivity contribution in [1.29, 1.82) is 0 Å². The molecular weight excluding hydrogens is 158 g/mol. The number of hydrogen-bond donors (Lipinski definition) is 0. The fraction of sp³-hybridized carbons (Fsp3) is 0.125. The molecule has 0 fully saturated rings. The van der Waals surface area contributed by atoms with E-state index in [-0.39, 0.29) is 0 Å². The van der Waals surface area contributed by atoms with Crippen molar-refractivity contribution in [2.75, 3.05) is 7.11 Å². The lowest BCUT2D eigenvalue weighted by Crippen LogP contribution is -1.79. The lowest BCUT2D eigenvalue weighted by molar-refractivity contribution is 0.285. The average molecular weight is 165 g/mol. The molecule has 4 heteroatoms.